The third-order valence-corrected chi connectivity index (χ3v) is 6.98. The summed E-state index contributed by atoms with van der Waals surface area (Å²) >= 11 is 10.8. The van der Waals surface area contributed by atoms with Gasteiger partial charge in [-0.3, -0.25) is 0 Å². The smallest absolute Gasteiger partial charge is 0.0843 e. The van der Waals surface area contributed by atoms with Crippen LogP contribution in [-0.4, -0.2) is 6.54 Å². The molecule has 0 radical (unpaired) electrons. The van der Waals surface area contributed by atoms with Gasteiger partial charge in [-0.05, 0) is 69.9 Å². The number of hydrogen-bond acceptors (Lipinski definition) is 3. The van der Waals surface area contributed by atoms with E-state index in [9.17, 15) is 0 Å². The zero-order chi connectivity index (χ0) is 13.1. The summed E-state index contributed by atoms with van der Waals surface area (Å²) in [7, 11) is 0. The van der Waals surface area contributed by atoms with Crippen molar-refractivity contribution in [3.8, 4) is 0 Å². The van der Waals surface area contributed by atoms with E-state index >= 15 is 0 Å². The highest BCUT2D eigenvalue weighted by atomic mass is 79.9. The topological polar surface area (TPSA) is 12.0 Å². The molecule has 0 spiro atoms. The predicted molar refractivity (Wildman–Crippen MR) is 88.9 cm³/mol. The fourth-order valence-corrected chi connectivity index (χ4v) is 4.98. The van der Waals surface area contributed by atoms with Gasteiger partial charge < -0.3 is 5.32 Å². The van der Waals surface area contributed by atoms with Gasteiger partial charge in [0.2, 0.25) is 0 Å². The third kappa shape index (κ3) is 3.45. The van der Waals surface area contributed by atoms with E-state index in [1.807, 2.05) is 11.3 Å². The van der Waals surface area contributed by atoms with E-state index in [1.54, 1.807) is 11.3 Å². The largest absolute Gasteiger partial charge is 0.305 e. The molecule has 0 bridgehead atoms. The van der Waals surface area contributed by atoms with Crippen molar-refractivity contribution in [3.05, 3.63) is 41.1 Å². The molecule has 0 aliphatic rings. The molecular weight excluding hydrogens is 394 g/mol. The maximum atomic E-state index is 3.64. The van der Waals surface area contributed by atoms with Gasteiger partial charge >= 0.3 is 0 Å². The van der Waals surface area contributed by atoms with Gasteiger partial charge in [-0.1, -0.05) is 6.92 Å². The Bertz CT molecular complexity index is 499. The van der Waals surface area contributed by atoms with Crippen molar-refractivity contribution < 1.29 is 0 Å². The Morgan fingerprint density at radius 1 is 1.22 bits per heavy atom. The fourth-order valence-electron chi connectivity index (χ4n) is 1.74. The molecule has 1 unspecified atom stereocenters. The summed E-state index contributed by atoms with van der Waals surface area (Å²) in [6.07, 6.45) is 1.15. The second-order valence-corrected chi connectivity index (χ2v) is 8.68. The van der Waals surface area contributed by atoms with Crippen molar-refractivity contribution in [3.63, 3.8) is 0 Å². The van der Waals surface area contributed by atoms with Gasteiger partial charge in [0.05, 0.1) is 9.83 Å². The summed E-state index contributed by atoms with van der Waals surface area (Å²) in [5.74, 6) is 0. The molecule has 1 nitrogen and oxygen atoms in total. The molecule has 5 heteroatoms. The van der Waals surface area contributed by atoms with Crippen LogP contribution in [0.15, 0.2) is 26.5 Å². The Kier molecular flexibility index (Phi) is 5.45. The molecule has 0 aliphatic carbocycles. The first-order valence-corrected chi connectivity index (χ1v) is 9.08. The number of rotatable bonds is 5. The molecule has 0 saturated heterocycles. The molecule has 0 aliphatic heterocycles. The van der Waals surface area contributed by atoms with Crippen molar-refractivity contribution in [2.75, 3.05) is 6.54 Å². The monoisotopic (exact) mass is 407 g/mol. The lowest BCUT2D eigenvalue weighted by Crippen LogP contribution is -2.21. The van der Waals surface area contributed by atoms with Crippen molar-refractivity contribution in [1.82, 2.24) is 5.32 Å². The molecule has 0 fully saturated rings. The SMILES string of the molecule is CCCNC(c1ccc(C)s1)c1cc(Br)c(Br)s1. The van der Waals surface area contributed by atoms with E-state index in [-0.39, 0.29) is 0 Å². The number of thiophene rings is 2. The number of hydrogen-bond donors (Lipinski definition) is 1. The standard InChI is InChI=1S/C13H15Br2NS2/c1-3-6-16-12(10-5-4-8(2)17-10)11-7-9(14)13(15)18-11/h4-5,7,12,16H,3,6H2,1-2H3. The molecule has 18 heavy (non-hydrogen) atoms. The van der Waals surface area contributed by atoms with Crippen LogP contribution in [0.1, 0.15) is 34.0 Å². The maximum Gasteiger partial charge on any atom is 0.0843 e. The van der Waals surface area contributed by atoms with Crippen molar-refractivity contribution >= 4 is 54.5 Å². The summed E-state index contributed by atoms with van der Waals surface area (Å²) in [6, 6.07) is 6.95. The van der Waals surface area contributed by atoms with Crippen molar-refractivity contribution in [2.45, 2.75) is 26.3 Å². The van der Waals surface area contributed by atoms with Crippen LogP contribution in [0.4, 0.5) is 0 Å². The molecular formula is C13H15Br2NS2. The summed E-state index contributed by atoms with van der Waals surface area (Å²) < 4.78 is 2.30. The normalized spacial score (nSPS) is 12.9. The molecule has 2 rings (SSSR count). The van der Waals surface area contributed by atoms with E-state index in [4.69, 9.17) is 0 Å². The summed E-state index contributed by atoms with van der Waals surface area (Å²) in [5.41, 5.74) is 0. The average Bonchev–Trinajstić information content (AvgIpc) is 2.88. The Balaban J connectivity index is 2.30. The van der Waals surface area contributed by atoms with E-state index in [1.165, 1.54) is 14.6 Å². The Labute approximate surface area is 133 Å². The van der Waals surface area contributed by atoms with E-state index < -0.39 is 0 Å². The fraction of sp³-hybridized carbons (Fsp3) is 0.385. The molecule has 0 amide bonds. The molecule has 0 saturated carbocycles. The van der Waals surface area contributed by atoms with E-state index in [2.05, 4.69) is 69.2 Å². The highest BCUT2D eigenvalue weighted by Crippen LogP contribution is 2.39. The van der Waals surface area contributed by atoms with Gasteiger partial charge in [0.15, 0.2) is 0 Å². The second kappa shape index (κ2) is 6.66. The zero-order valence-corrected chi connectivity index (χ0v) is 15.1. The Morgan fingerprint density at radius 2 is 2.00 bits per heavy atom. The highest BCUT2D eigenvalue weighted by Gasteiger charge is 2.18. The van der Waals surface area contributed by atoms with Gasteiger partial charge in [-0.2, -0.15) is 0 Å². The lowest BCUT2D eigenvalue weighted by molar-refractivity contribution is 0.613. The first-order chi connectivity index (χ1) is 8.61. The number of aryl methyl sites for hydroxylation is 1. The minimum Gasteiger partial charge on any atom is -0.305 e. The summed E-state index contributed by atoms with van der Waals surface area (Å²) in [4.78, 5) is 4.11. The minimum atomic E-state index is 0.316. The quantitative estimate of drug-likeness (QED) is 0.665. The Morgan fingerprint density at radius 3 is 2.50 bits per heavy atom. The van der Waals surface area contributed by atoms with Gasteiger partial charge in [0.1, 0.15) is 0 Å². The first-order valence-electron chi connectivity index (χ1n) is 5.86. The first kappa shape index (κ1) is 14.7. The maximum absolute atomic E-state index is 3.64. The van der Waals surface area contributed by atoms with Crippen molar-refractivity contribution in [1.29, 1.82) is 0 Å². The molecule has 1 N–H and O–H groups in total. The summed E-state index contributed by atoms with van der Waals surface area (Å²) in [5, 5.41) is 3.64. The third-order valence-electron chi connectivity index (χ3n) is 2.59. The van der Waals surface area contributed by atoms with Crippen LogP contribution < -0.4 is 5.32 Å². The number of nitrogens with one attached hydrogen (secondary N) is 1. The molecule has 1 atom stereocenters. The average molecular weight is 409 g/mol. The predicted octanol–water partition coefficient (Wildman–Crippen LogP) is 5.73. The van der Waals surface area contributed by atoms with Gasteiger partial charge in [-0.15, -0.1) is 22.7 Å². The summed E-state index contributed by atoms with van der Waals surface area (Å²) in [6.45, 7) is 5.39. The van der Waals surface area contributed by atoms with Crippen LogP contribution in [0.5, 0.6) is 0 Å². The molecule has 2 heterocycles. The lowest BCUT2D eigenvalue weighted by Gasteiger charge is -2.15. The van der Waals surface area contributed by atoms with Gasteiger partial charge in [0, 0.05) is 19.1 Å². The molecule has 2 aromatic heterocycles. The lowest BCUT2D eigenvalue weighted by atomic mass is 10.2. The van der Waals surface area contributed by atoms with Crippen LogP contribution in [-0.2, 0) is 0 Å². The van der Waals surface area contributed by atoms with E-state index in [0.29, 0.717) is 6.04 Å². The van der Waals surface area contributed by atoms with Gasteiger partial charge in [0.25, 0.3) is 0 Å². The van der Waals surface area contributed by atoms with Crippen LogP contribution in [0.3, 0.4) is 0 Å². The molecule has 98 valence electrons. The van der Waals surface area contributed by atoms with Crippen molar-refractivity contribution in [2.24, 2.45) is 0 Å². The molecule has 2 aromatic rings. The molecule has 0 aromatic carbocycles. The van der Waals surface area contributed by atoms with Crippen LogP contribution in [0.25, 0.3) is 0 Å². The zero-order valence-electron chi connectivity index (χ0n) is 10.3. The van der Waals surface area contributed by atoms with Gasteiger partial charge in [-0.25, -0.2) is 0 Å². The number of halogens is 2. The van der Waals surface area contributed by atoms with Crippen LogP contribution >= 0.6 is 54.5 Å². The van der Waals surface area contributed by atoms with Crippen LogP contribution in [0, 0.1) is 6.92 Å². The second-order valence-electron chi connectivity index (χ2n) is 4.11. The Hall–Kier alpha value is 0.320. The minimum absolute atomic E-state index is 0.316. The van der Waals surface area contributed by atoms with E-state index in [0.717, 1.165) is 21.2 Å². The highest BCUT2D eigenvalue weighted by molar-refractivity contribution is 9.13. The van der Waals surface area contributed by atoms with Crippen LogP contribution in [0.2, 0.25) is 0 Å².